The van der Waals surface area contributed by atoms with E-state index in [-0.39, 0.29) is 6.61 Å². The van der Waals surface area contributed by atoms with Crippen molar-refractivity contribution in [3.63, 3.8) is 0 Å². The molecule has 0 saturated carbocycles. The van der Waals surface area contributed by atoms with Crippen molar-refractivity contribution in [2.45, 2.75) is 18.9 Å². The molecule has 0 saturated heterocycles. The summed E-state index contributed by atoms with van der Waals surface area (Å²) < 4.78 is 0. The number of aliphatic hydroxyl groups excluding tert-OH is 2. The van der Waals surface area contributed by atoms with Crippen LogP contribution in [0, 0.1) is 0 Å². The molecule has 0 radical (unpaired) electrons. The Morgan fingerprint density at radius 2 is 2.25 bits per heavy atom. The van der Waals surface area contributed by atoms with Gasteiger partial charge in [-0.05, 0) is 12.8 Å². The first-order valence-electron chi connectivity index (χ1n) is 3.89. The van der Waals surface area contributed by atoms with Crippen LogP contribution in [0.4, 0.5) is 0 Å². The molecule has 4 heteroatoms. The van der Waals surface area contributed by atoms with Gasteiger partial charge in [0, 0.05) is 19.0 Å². The van der Waals surface area contributed by atoms with Crippen molar-refractivity contribution in [1.82, 2.24) is 9.97 Å². The lowest BCUT2D eigenvalue weighted by atomic mass is 10.1. The Balaban J connectivity index is 2.48. The van der Waals surface area contributed by atoms with Crippen LogP contribution in [0.5, 0.6) is 0 Å². The van der Waals surface area contributed by atoms with E-state index in [1.165, 1.54) is 12.4 Å². The number of hydrogen-bond acceptors (Lipinski definition) is 4. The van der Waals surface area contributed by atoms with E-state index in [4.69, 9.17) is 5.11 Å². The van der Waals surface area contributed by atoms with Crippen molar-refractivity contribution < 1.29 is 10.2 Å². The number of aromatic nitrogens is 2. The molecule has 0 amide bonds. The minimum atomic E-state index is -0.606. The van der Waals surface area contributed by atoms with E-state index >= 15 is 0 Å². The Kier molecular flexibility index (Phi) is 3.63. The van der Waals surface area contributed by atoms with Gasteiger partial charge in [0.25, 0.3) is 0 Å². The van der Waals surface area contributed by atoms with E-state index in [1.54, 1.807) is 6.20 Å². The van der Waals surface area contributed by atoms with Gasteiger partial charge in [0.2, 0.25) is 0 Å². The van der Waals surface area contributed by atoms with Gasteiger partial charge in [0.15, 0.2) is 0 Å². The number of nitrogens with zero attached hydrogens (tertiary/aromatic N) is 2. The smallest absolute Gasteiger partial charge is 0.0976 e. The molecule has 4 nitrogen and oxygen atoms in total. The maximum Gasteiger partial charge on any atom is 0.0976 e. The van der Waals surface area contributed by atoms with Crippen molar-refractivity contribution in [2.75, 3.05) is 6.61 Å². The first-order chi connectivity index (χ1) is 5.84. The lowest BCUT2D eigenvalue weighted by Crippen LogP contribution is -2.01. The van der Waals surface area contributed by atoms with E-state index in [0.29, 0.717) is 18.5 Å². The van der Waals surface area contributed by atoms with Gasteiger partial charge >= 0.3 is 0 Å². The fourth-order valence-corrected chi connectivity index (χ4v) is 0.915. The lowest BCUT2D eigenvalue weighted by molar-refractivity contribution is 0.147. The van der Waals surface area contributed by atoms with Gasteiger partial charge in [-0.1, -0.05) is 0 Å². The maximum atomic E-state index is 9.44. The second-order valence-corrected chi connectivity index (χ2v) is 2.51. The topological polar surface area (TPSA) is 66.2 Å². The quantitative estimate of drug-likeness (QED) is 0.677. The highest BCUT2D eigenvalue weighted by Crippen LogP contribution is 2.13. The fourth-order valence-electron chi connectivity index (χ4n) is 0.915. The highest BCUT2D eigenvalue weighted by molar-refractivity contribution is 4.98. The molecule has 0 aliphatic rings. The molecule has 2 N–H and O–H groups in total. The minimum Gasteiger partial charge on any atom is -0.396 e. The van der Waals surface area contributed by atoms with Crippen molar-refractivity contribution in [2.24, 2.45) is 0 Å². The molecule has 1 heterocycles. The predicted octanol–water partition coefficient (Wildman–Crippen LogP) is 0.283. The van der Waals surface area contributed by atoms with Crippen LogP contribution in [0.15, 0.2) is 18.6 Å². The molecule has 1 aromatic heterocycles. The molecule has 1 unspecified atom stereocenters. The summed E-state index contributed by atoms with van der Waals surface area (Å²) in [6.45, 7) is 0.0946. The molecule has 0 aromatic carbocycles. The average Bonchev–Trinajstić information content (AvgIpc) is 2.15. The second kappa shape index (κ2) is 4.79. The fraction of sp³-hybridized carbons (Fsp3) is 0.500. The summed E-state index contributed by atoms with van der Waals surface area (Å²) in [6.07, 6.45) is 5.13. The molecule has 1 rings (SSSR count). The van der Waals surface area contributed by atoms with Crippen LogP contribution in [0.1, 0.15) is 24.6 Å². The molecule has 1 aromatic rings. The van der Waals surface area contributed by atoms with Gasteiger partial charge in [-0.2, -0.15) is 0 Å². The summed E-state index contributed by atoms with van der Waals surface area (Å²) in [5.74, 6) is 0. The minimum absolute atomic E-state index is 0.0946. The van der Waals surface area contributed by atoms with Crippen molar-refractivity contribution in [1.29, 1.82) is 0 Å². The van der Waals surface area contributed by atoms with Gasteiger partial charge in [0.05, 0.1) is 18.0 Å². The molecule has 1 atom stereocenters. The molecule has 66 valence electrons. The standard InChI is InChI=1S/C8H12N2O2/c11-5-1-2-8(12)7-6-9-3-4-10-7/h3-4,6,8,11-12H,1-2,5H2. The molecule has 0 bridgehead atoms. The van der Waals surface area contributed by atoms with Crippen LogP contribution < -0.4 is 0 Å². The molecule has 12 heavy (non-hydrogen) atoms. The maximum absolute atomic E-state index is 9.44. The molecule has 0 fully saturated rings. The van der Waals surface area contributed by atoms with Gasteiger partial charge in [-0.25, -0.2) is 0 Å². The van der Waals surface area contributed by atoms with Gasteiger partial charge in [0.1, 0.15) is 0 Å². The van der Waals surface area contributed by atoms with E-state index < -0.39 is 6.10 Å². The third-order valence-electron chi connectivity index (χ3n) is 1.56. The van der Waals surface area contributed by atoms with Crippen LogP contribution in [0.25, 0.3) is 0 Å². The number of rotatable bonds is 4. The normalized spacial score (nSPS) is 12.8. The Morgan fingerprint density at radius 1 is 1.42 bits per heavy atom. The van der Waals surface area contributed by atoms with Crippen molar-refractivity contribution >= 4 is 0 Å². The van der Waals surface area contributed by atoms with Crippen LogP contribution in [-0.4, -0.2) is 26.8 Å². The van der Waals surface area contributed by atoms with Crippen LogP contribution in [-0.2, 0) is 0 Å². The van der Waals surface area contributed by atoms with Crippen LogP contribution in [0.2, 0.25) is 0 Å². The van der Waals surface area contributed by atoms with Gasteiger partial charge < -0.3 is 10.2 Å². The van der Waals surface area contributed by atoms with E-state index in [1.807, 2.05) is 0 Å². The summed E-state index contributed by atoms with van der Waals surface area (Å²) in [5.41, 5.74) is 0.561. The Labute approximate surface area is 70.9 Å². The summed E-state index contributed by atoms with van der Waals surface area (Å²) in [5, 5.41) is 18.0. The highest BCUT2D eigenvalue weighted by Gasteiger charge is 2.07. The highest BCUT2D eigenvalue weighted by atomic mass is 16.3. The summed E-state index contributed by atoms with van der Waals surface area (Å²) in [7, 11) is 0. The monoisotopic (exact) mass is 168 g/mol. The summed E-state index contributed by atoms with van der Waals surface area (Å²) in [6, 6.07) is 0. The van der Waals surface area contributed by atoms with Gasteiger partial charge in [-0.15, -0.1) is 0 Å². The Hall–Kier alpha value is -1.00. The lowest BCUT2D eigenvalue weighted by Gasteiger charge is -2.06. The molecular weight excluding hydrogens is 156 g/mol. The first-order valence-corrected chi connectivity index (χ1v) is 3.89. The molecule has 0 spiro atoms. The third-order valence-corrected chi connectivity index (χ3v) is 1.56. The number of aliphatic hydroxyl groups is 2. The SMILES string of the molecule is OCCCC(O)c1cnccn1. The zero-order chi connectivity index (χ0) is 8.81. The largest absolute Gasteiger partial charge is 0.396 e. The van der Waals surface area contributed by atoms with Crippen LogP contribution >= 0.6 is 0 Å². The molecule has 0 aliphatic carbocycles. The molecular formula is C8H12N2O2. The average molecular weight is 168 g/mol. The van der Waals surface area contributed by atoms with Gasteiger partial charge in [-0.3, -0.25) is 9.97 Å². The first kappa shape index (κ1) is 9.09. The predicted molar refractivity (Wildman–Crippen MR) is 43.3 cm³/mol. The third kappa shape index (κ3) is 2.56. The van der Waals surface area contributed by atoms with Crippen LogP contribution in [0.3, 0.4) is 0 Å². The summed E-state index contributed by atoms with van der Waals surface area (Å²) in [4.78, 5) is 7.77. The van der Waals surface area contributed by atoms with E-state index in [0.717, 1.165) is 0 Å². The number of hydrogen-bond donors (Lipinski definition) is 2. The Morgan fingerprint density at radius 3 is 2.83 bits per heavy atom. The van der Waals surface area contributed by atoms with E-state index in [9.17, 15) is 5.11 Å². The zero-order valence-electron chi connectivity index (χ0n) is 6.72. The Bertz CT molecular complexity index is 216. The summed E-state index contributed by atoms with van der Waals surface area (Å²) >= 11 is 0. The zero-order valence-corrected chi connectivity index (χ0v) is 6.72. The molecule has 0 aliphatic heterocycles. The second-order valence-electron chi connectivity index (χ2n) is 2.51. The van der Waals surface area contributed by atoms with Crippen molar-refractivity contribution in [3.05, 3.63) is 24.3 Å². The van der Waals surface area contributed by atoms with Crippen molar-refractivity contribution in [3.8, 4) is 0 Å². The van der Waals surface area contributed by atoms with E-state index in [2.05, 4.69) is 9.97 Å².